The highest BCUT2D eigenvalue weighted by atomic mass is 16.1. The third kappa shape index (κ3) is 2.26. The Morgan fingerprint density at radius 2 is 1.93 bits per heavy atom. The van der Waals surface area contributed by atoms with Crippen LogP contribution in [0.2, 0.25) is 0 Å². The lowest BCUT2D eigenvalue weighted by Gasteiger charge is -2.17. The van der Waals surface area contributed by atoms with E-state index in [1.807, 2.05) is 0 Å². The molecule has 80 valence electrons. The fourth-order valence-corrected chi connectivity index (χ4v) is 2.15. The van der Waals surface area contributed by atoms with E-state index in [1.165, 1.54) is 16.7 Å². The van der Waals surface area contributed by atoms with Crippen molar-refractivity contribution in [1.82, 2.24) is 4.90 Å². The first-order valence-electron chi connectivity index (χ1n) is 5.46. The Bertz CT molecular complexity index is 364. The summed E-state index contributed by atoms with van der Waals surface area (Å²) >= 11 is 0. The maximum atomic E-state index is 11.2. The summed E-state index contributed by atoms with van der Waals surface area (Å²) in [5.41, 5.74) is 4.04. The Hall–Kier alpha value is -1.15. The molecule has 1 aliphatic rings. The van der Waals surface area contributed by atoms with Gasteiger partial charge < -0.3 is 0 Å². The Morgan fingerprint density at radius 1 is 1.27 bits per heavy atom. The van der Waals surface area contributed by atoms with E-state index >= 15 is 0 Å². The second kappa shape index (κ2) is 4.15. The SMILES string of the molecule is Cc1cccc(C)c1CN1CCC(=O)C1. The van der Waals surface area contributed by atoms with Crippen LogP contribution in [0.5, 0.6) is 0 Å². The molecule has 0 aromatic heterocycles. The van der Waals surface area contributed by atoms with Crippen LogP contribution in [0.1, 0.15) is 23.1 Å². The van der Waals surface area contributed by atoms with Gasteiger partial charge in [0, 0.05) is 19.5 Å². The number of ketones is 1. The predicted octanol–water partition coefficient (Wildman–Crippen LogP) is 2.08. The van der Waals surface area contributed by atoms with Crippen LogP contribution >= 0.6 is 0 Å². The Kier molecular flexibility index (Phi) is 2.87. The molecule has 1 heterocycles. The second-order valence-corrected chi connectivity index (χ2v) is 4.37. The highest BCUT2D eigenvalue weighted by Gasteiger charge is 2.19. The van der Waals surface area contributed by atoms with Crippen LogP contribution in [0.25, 0.3) is 0 Å². The van der Waals surface area contributed by atoms with Crippen LogP contribution in [-0.4, -0.2) is 23.8 Å². The van der Waals surface area contributed by atoms with E-state index in [2.05, 4.69) is 36.9 Å². The summed E-state index contributed by atoms with van der Waals surface area (Å²) in [5.74, 6) is 0.376. The molecule has 1 aromatic carbocycles. The lowest BCUT2D eigenvalue weighted by Crippen LogP contribution is -2.21. The number of likely N-dealkylation sites (tertiary alicyclic amines) is 1. The van der Waals surface area contributed by atoms with Gasteiger partial charge in [0.1, 0.15) is 5.78 Å². The largest absolute Gasteiger partial charge is 0.298 e. The van der Waals surface area contributed by atoms with Gasteiger partial charge >= 0.3 is 0 Å². The van der Waals surface area contributed by atoms with E-state index in [4.69, 9.17) is 0 Å². The fourth-order valence-electron chi connectivity index (χ4n) is 2.15. The third-order valence-electron chi connectivity index (χ3n) is 3.13. The van der Waals surface area contributed by atoms with Gasteiger partial charge in [-0.1, -0.05) is 18.2 Å². The van der Waals surface area contributed by atoms with Crippen LogP contribution in [0.15, 0.2) is 18.2 Å². The van der Waals surface area contributed by atoms with Crippen molar-refractivity contribution in [2.24, 2.45) is 0 Å². The van der Waals surface area contributed by atoms with E-state index < -0.39 is 0 Å². The monoisotopic (exact) mass is 203 g/mol. The Morgan fingerprint density at radius 3 is 2.47 bits per heavy atom. The number of Topliss-reactive ketones (excluding diaryl/α,β-unsaturated/α-hetero) is 1. The number of hydrogen-bond acceptors (Lipinski definition) is 2. The van der Waals surface area contributed by atoms with Crippen molar-refractivity contribution >= 4 is 5.78 Å². The zero-order valence-corrected chi connectivity index (χ0v) is 9.42. The van der Waals surface area contributed by atoms with Crippen molar-refractivity contribution < 1.29 is 4.79 Å². The van der Waals surface area contributed by atoms with Crippen molar-refractivity contribution in [3.05, 3.63) is 34.9 Å². The van der Waals surface area contributed by atoms with Crippen LogP contribution in [0.3, 0.4) is 0 Å². The number of nitrogens with zero attached hydrogens (tertiary/aromatic N) is 1. The average molecular weight is 203 g/mol. The molecule has 15 heavy (non-hydrogen) atoms. The quantitative estimate of drug-likeness (QED) is 0.733. The zero-order valence-electron chi connectivity index (χ0n) is 9.42. The lowest BCUT2D eigenvalue weighted by molar-refractivity contribution is -0.116. The van der Waals surface area contributed by atoms with Crippen molar-refractivity contribution in [3.8, 4) is 0 Å². The topological polar surface area (TPSA) is 20.3 Å². The van der Waals surface area contributed by atoms with E-state index in [0.717, 1.165) is 19.5 Å². The van der Waals surface area contributed by atoms with Gasteiger partial charge in [-0.3, -0.25) is 9.69 Å². The first-order valence-corrected chi connectivity index (χ1v) is 5.46. The zero-order chi connectivity index (χ0) is 10.8. The normalized spacial score (nSPS) is 17.3. The van der Waals surface area contributed by atoms with Gasteiger partial charge in [0.25, 0.3) is 0 Å². The van der Waals surface area contributed by atoms with E-state index in [-0.39, 0.29) is 0 Å². The van der Waals surface area contributed by atoms with Crippen LogP contribution in [0, 0.1) is 13.8 Å². The number of rotatable bonds is 2. The summed E-state index contributed by atoms with van der Waals surface area (Å²) in [4.78, 5) is 13.4. The maximum Gasteiger partial charge on any atom is 0.148 e. The molecule has 2 nitrogen and oxygen atoms in total. The van der Waals surface area contributed by atoms with Crippen molar-refractivity contribution in [1.29, 1.82) is 0 Å². The van der Waals surface area contributed by atoms with Crippen molar-refractivity contribution in [3.63, 3.8) is 0 Å². The number of aryl methyl sites for hydroxylation is 2. The lowest BCUT2D eigenvalue weighted by atomic mass is 10.0. The molecule has 1 aromatic rings. The molecule has 1 fully saturated rings. The smallest absolute Gasteiger partial charge is 0.148 e. The van der Waals surface area contributed by atoms with Gasteiger partial charge in [-0.25, -0.2) is 0 Å². The molecule has 2 heteroatoms. The highest BCUT2D eigenvalue weighted by Crippen LogP contribution is 2.17. The summed E-state index contributed by atoms with van der Waals surface area (Å²) in [6, 6.07) is 6.36. The molecule has 0 radical (unpaired) electrons. The summed E-state index contributed by atoms with van der Waals surface area (Å²) in [5, 5.41) is 0. The van der Waals surface area contributed by atoms with Crippen molar-refractivity contribution in [2.45, 2.75) is 26.8 Å². The van der Waals surface area contributed by atoms with E-state index in [0.29, 0.717) is 12.3 Å². The number of hydrogen-bond donors (Lipinski definition) is 0. The molecule has 0 N–H and O–H groups in total. The van der Waals surface area contributed by atoms with Gasteiger partial charge in [-0.2, -0.15) is 0 Å². The maximum absolute atomic E-state index is 11.2. The van der Waals surface area contributed by atoms with E-state index in [1.54, 1.807) is 0 Å². The molecule has 0 spiro atoms. The fraction of sp³-hybridized carbons (Fsp3) is 0.462. The van der Waals surface area contributed by atoms with Gasteiger partial charge in [0.2, 0.25) is 0 Å². The molecule has 0 atom stereocenters. The first kappa shape index (κ1) is 10.4. The minimum atomic E-state index is 0.376. The minimum Gasteiger partial charge on any atom is -0.298 e. The summed E-state index contributed by atoms with van der Waals surface area (Å²) in [6.45, 7) is 6.76. The molecule has 0 saturated carbocycles. The second-order valence-electron chi connectivity index (χ2n) is 4.37. The Labute approximate surface area is 90.9 Å². The number of carbonyl (C=O) groups is 1. The summed E-state index contributed by atoms with van der Waals surface area (Å²) in [6.07, 6.45) is 0.727. The molecule has 0 amide bonds. The van der Waals surface area contributed by atoms with Crippen LogP contribution < -0.4 is 0 Å². The number of carbonyl (C=O) groups excluding carboxylic acids is 1. The molecule has 1 saturated heterocycles. The standard InChI is InChI=1S/C13H17NO/c1-10-4-3-5-11(2)13(10)9-14-7-6-12(15)8-14/h3-5H,6-9H2,1-2H3. The van der Waals surface area contributed by atoms with Crippen molar-refractivity contribution in [2.75, 3.05) is 13.1 Å². The van der Waals surface area contributed by atoms with Gasteiger partial charge in [-0.15, -0.1) is 0 Å². The third-order valence-corrected chi connectivity index (χ3v) is 3.13. The average Bonchev–Trinajstić information content (AvgIpc) is 2.58. The van der Waals surface area contributed by atoms with E-state index in [9.17, 15) is 4.79 Å². The minimum absolute atomic E-state index is 0.376. The molecule has 2 rings (SSSR count). The summed E-state index contributed by atoms with van der Waals surface area (Å²) in [7, 11) is 0. The Balaban J connectivity index is 2.13. The molecule has 0 unspecified atom stereocenters. The predicted molar refractivity (Wildman–Crippen MR) is 60.8 cm³/mol. The van der Waals surface area contributed by atoms with Crippen LogP contribution in [0.4, 0.5) is 0 Å². The summed E-state index contributed by atoms with van der Waals surface area (Å²) < 4.78 is 0. The van der Waals surface area contributed by atoms with Gasteiger partial charge in [0.05, 0.1) is 6.54 Å². The molecule has 0 bridgehead atoms. The molecule has 1 aliphatic heterocycles. The first-order chi connectivity index (χ1) is 7.16. The number of benzene rings is 1. The highest BCUT2D eigenvalue weighted by molar-refractivity contribution is 5.82. The van der Waals surface area contributed by atoms with Gasteiger partial charge in [-0.05, 0) is 30.5 Å². The molecular weight excluding hydrogens is 186 g/mol. The van der Waals surface area contributed by atoms with Gasteiger partial charge in [0.15, 0.2) is 0 Å². The molecular formula is C13H17NO. The van der Waals surface area contributed by atoms with Crippen LogP contribution in [-0.2, 0) is 11.3 Å². The molecule has 0 aliphatic carbocycles.